The van der Waals surface area contributed by atoms with Crippen molar-refractivity contribution in [1.29, 1.82) is 0 Å². The van der Waals surface area contributed by atoms with E-state index in [9.17, 15) is 17.6 Å². The highest BCUT2D eigenvalue weighted by atomic mass is 32.1. The zero-order chi connectivity index (χ0) is 21.5. The molecule has 2 atom stereocenters. The number of fused-ring (bicyclic) bond motifs is 1. The first-order valence-electron chi connectivity index (χ1n) is 9.81. The summed E-state index contributed by atoms with van der Waals surface area (Å²) in [6, 6.07) is 8.41. The second-order valence-electron chi connectivity index (χ2n) is 7.81. The Morgan fingerprint density at radius 1 is 1.27 bits per heavy atom. The first kappa shape index (κ1) is 21.1. The molecule has 9 heteroatoms. The van der Waals surface area contributed by atoms with Gasteiger partial charge >= 0.3 is 6.18 Å². The van der Waals surface area contributed by atoms with Crippen LogP contribution in [-0.4, -0.2) is 48.0 Å². The van der Waals surface area contributed by atoms with Crippen LogP contribution < -0.4 is 11.1 Å². The largest absolute Gasteiger partial charge is 0.406 e. The zero-order valence-corrected chi connectivity index (χ0v) is 17.4. The van der Waals surface area contributed by atoms with Gasteiger partial charge < -0.3 is 20.5 Å². The van der Waals surface area contributed by atoms with E-state index in [1.54, 1.807) is 24.3 Å². The number of alkyl halides is 4. The zero-order valence-electron chi connectivity index (χ0n) is 16.5. The number of thiophene rings is 1. The van der Waals surface area contributed by atoms with Crippen molar-refractivity contribution in [2.45, 2.75) is 37.9 Å². The Kier molecular flexibility index (Phi) is 5.78. The molecule has 1 saturated heterocycles. The molecule has 3 heterocycles. The van der Waals surface area contributed by atoms with Crippen molar-refractivity contribution in [3.63, 3.8) is 0 Å². The van der Waals surface area contributed by atoms with Crippen LogP contribution in [0.15, 0.2) is 35.7 Å². The van der Waals surface area contributed by atoms with Gasteiger partial charge in [-0.1, -0.05) is 6.07 Å². The fourth-order valence-electron chi connectivity index (χ4n) is 4.00. The van der Waals surface area contributed by atoms with Crippen molar-refractivity contribution < 1.29 is 17.6 Å². The summed E-state index contributed by atoms with van der Waals surface area (Å²) in [5.74, 6) is 0. The molecular weight excluding hydrogens is 416 g/mol. The lowest BCUT2D eigenvalue weighted by atomic mass is 10.0. The van der Waals surface area contributed by atoms with Gasteiger partial charge in [0.05, 0.1) is 22.1 Å². The summed E-state index contributed by atoms with van der Waals surface area (Å²) in [6.45, 7) is 0.346. The number of hydrogen-bond donors (Lipinski definition) is 2. The van der Waals surface area contributed by atoms with Crippen molar-refractivity contribution in [2.75, 3.05) is 25.5 Å². The number of anilines is 1. The maximum Gasteiger partial charge on any atom is 0.406 e. The summed E-state index contributed by atoms with van der Waals surface area (Å²) in [7, 11) is 1.88. The summed E-state index contributed by atoms with van der Waals surface area (Å²) in [6.07, 6.45) is -4.77. The minimum absolute atomic E-state index is 0.330. The third-order valence-corrected chi connectivity index (χ3v) is 6.51. The van der Waals surface area contributed by atoms with E-state index in [0.29, 0.717) is 41.8 Å². The number of nitrogens with zero attached hydrogens (tertiary/aromatic N) is 2. The van der Waals surface area contributed by atoms with Crippen molar-refractivity contribution in [3.05, 3.63) is 41.3 Å². The summed E-state index contributed by atoms with van der Waals surface area (Å²) in [5, 5.41) is 5.77. The van der Waals surface area contributed by atoms with Gasteiger partial charge in [0.1, 0.15) is 12.7 Å². The Hall–Kier alpha value is -2.10. The summed E-state index contributed by atoms with van der Waals surface area (Å²) >= 11 is 1.37. The van der Waals surface area contributed by atoms with Gasteiger partial charge in [-0.05, 0) is 48.7 Å². The van der Waals surface area contributed by atoms with Crippen LogP contribution in [0.1, 0.15) is 12.0 Å². The van der Waals surface area contributed by atoms with Gasteiger partial charge in [0.25, 0.3) is 0 Å². The standard InChI is InChI=1S/C21H24F4N4S/c1-28-6-5-17(15(22)10-28)27-16-3-2-4-18-14(16)8-19(29(18)12-21(23,24)25)20-7-13(9-26)11-30-20/h2-4,7-8,11,15,17,27H,5-6,9-10,12,26H2,1H3/t15-,17+/m0/s1. The van der Waals surface area contributed by atoms with E-state index < -0.39 is 18.9 Å². The maximum absolute atomic E-state index is 14.5. The average molecular weight is 441 g/mol. The number of halogens is 4. The van der Waals surface area contributed by atoms with Crippen LogP contribution in [0.2, 0.25) is 0 Å². The van der Waals surface area contributed by atoms with E-state index in [0.717, 1.165) is 17.0 Å². The van der Waals surface area contributed by atoms with E-state index in [1.807, 2.05) is 23.4 Å². The molecule has 0 bridgehead atoms. The highest BCUT2D eigenvalue weighted by molar-refractivity contribution is 7.13. The monoisotopic (exact) mass is 440 g/mol. The molecule has 2 aromatic heterocycles. The Morgan fingerprint density at radius 3 is 2.73 bits per heavy atom. The van der Waals surface area contributed by atoms with Gasteiger partial charge in [-0.2, -0.15) is 13.2 Å². The lowest BCUT2D eigenvalue weighted by molar-refractivity contribution is -0.139. The van der Waals surface area contributed by atoms with Gasteiger partial charge in [-0.25, -0.2) is 4.39 Å². The number of aromatic nitrogens is 1. The summed E-state index contributed by atoms with van der Waals surface area (Å²) < 4.78 is 55.9. The Labute approximate surface area is 176 Å². The molecule has 0 amide bonds. The molecule has 1 aliphatic heterocycles. The van der Waals surface area contributed by atoms with Crippen LogP contribution in [0.25, 0.3) is 21.5 Å². The van der Waals surface area contributed by atoms with Crippen molar-refractivity contribution >= 4 is 27.9 Å². The van der Waals surface area contributed by atoms with Gasteiger partial charge in [0.2, 0.25) is 0 Å². The topological polar surface area (TPSA) is 46.2 Å². The highest BCUT2D eigenvalue weighted by Gasteiger charge is 2.31. The van der Waals surface area contributed by atoms with Crippen molar-refractivity contribution in [1.82, 2.24) is 9.47 Å². The van der Waals surface area contributed by atoms with E-state index in [1.165, 1.54) is 15.9 Å². The number of rotatable bonds is 5. The molecule has 0 radical (unpaired) electrons. The Balaban J connectivity index is 1.77. The Morgan fingerprint density at radius 2 is 2.07 bits per heavy atom. The molecule has 30 heavy (non-hydrogen) atoms. The highest BCUT2D eigenvalue weighted by Crippen LogP contribution is 2.38. The molecule has 4 rings (SSSR count). The fraction of sp³-hybridized carbons (Fsp3) is 0.429. The number of nitrogens with one attached hydrogen (secondary N) is 1. The van der Waals surface area contributed by atoms with Gasteiger partial charge in [0.15, 0.2) is 0 Å². The van der Waals surface area contributed by atoms with E-state index in [4.69, 9.17) is 5.73 Å². The second kappa shape index (κ2) is 8.20. The first-order chi connectivity index (χ1) is 14.2. The van der Waals surface area contributed by atoms with Crippen LogP contribution in [0.5, 0.6) is 0 Å². The molecule has 3 aromatic rings. The number of piperidine rings is 1. The van der Waals surface area contributed by atoms with Crippen LogP contribution in [-0.2, 0) is 13.1 Å². The molecule has 0 aliphatic carbocycles. The molecule has 0 saturated carbocycles. The SMILES string of the molecule is CN1CC[C@@H](Nc2cccc3c2cc(-c2cc(CN)cs2)n3CC(F)(F)F)[C@@H](F)C1. The minimum atomic E-state index is -4.37. The predicted octanol–water partition coefficient (Wildman–Crippen LogP) is 4.84. The smallest absolute Gasteiger partial charge is 0.379 e. The van der Waals surface area contributed by atoms with E-state index >= 15 is 0 Å². The van der Waals surface area contributed by atoms with Crippen molar-refractivity contribution in [3.8, 4) is 10.6 Å². The van der Waals surface area contributed by atoms with Crippen LogP contribution >= 0.6 is 11.3 Å². The van der Waals surface area contributed by atoms with Crippen LogP contribution in [0, 0.1) is 0 Å². The van der Waals surface area contributed by atoms with Crippen LogP contribution in [0.4, 0.5) is 23.2 Å². The number of likely N-dealkylation sites (tertiary alicyclic amines) is 1. The molecule has 1 aromatic carbocycles. The second-order valence-corrected chi connectivity index (χ2v) is 8.72. The van der Waals surface area contributed by atoms with E-state index in [2.05, 4.69) is 5.32 Å². The van der Waals surface area contributed by atoms with Crippen molar-refractivity contribution in [2.24, 2.45) is 5.73 Å². The molecule has 162 valence electrons. The van der Waals surface area contributed by atoms with Gasteiger partial charge in [-0.3, -0.25) is 0 Å². The molecule has 1 aliphatic rings. The third kappa shape index (κ3) is 4.33. The lowest BCUT2D eigenvalue weighted by Crippen LogP contribution is -2.46. The normalized spacial score (nSPS) is 20.7. The molecule has 0 spiro atoms. The van der Waals surface area contributed by atoms with Gasteiger partial charge in [0, 0.05) is 30.7 Å². The minimum Gasteiger partial charge on any atom is -0.379 e. The fourth-order valence-corrected chi connectivity index (χ4v) is 4.95. The number of benzene rings is 1. The van der Waals surface area contributed by atoms with E-state index in [-0.39, 0.29) is 6.04 Å². The first-order valence-corrected chi connectivity index (χ1v) is 10.7. The molecule has 3 N–H and O–H groups in total. The number of hydrogen-bond acceptors (Lipinski definition) is 4. The molecule has 4 nitrogen and oxygen atoms in total. The predicted molar refractivity (Wildman–Crippen MR) is 114 cm³/mol. The molecule has 1 fully saturated rings. The number of nitrogens with two attached hydrogens (primary N) is 1. The van der Waals surface area contributed by atoms with Gasteiger partial charge in [-0.15, -0.1) is 11.3 Å². The summed E-state index contributed by atoms with van der Waals surface area (Å²) in [5.41, 5.74) is 8.17. The van der Waals surface area contributed by atoms with Crippen LogP contribution in [0.3, 0.4) is 0 Å². The quantitative estimate of drug-likeness (QED) is 0.558. The Bertz CT molecular complexity index is 1030. The third-order valence-electron chi connectivity index (χ3n) is 5.51. The average Bonchev–Trinajstić information content (AvgIpc) is 3.28. The summed E-state index contributed by atoms with van der Waals surface area (Å²) in [4.78, 5) is 2.66. The lowest BCUT2D eigenvalue weighted by Gasteiger charge is -2.33. The maximum atomic E-state index is 14.5. The molecular formula is C21H24F4N4S. The molecule has 0 unspecified atom stereocenters.